The highest BCUT2D eigenvalue weighted by Gasteiger charge is 2.40. The number of hydrogen-bond donors (Lipinski definition) is 2. The van der Waals surface area contributed by atoms with E-state index in [0.717, 1.165) is 24.1 Å². The maximum absolute atomic E-state index is 14.1. The van der Waals surface area contributed by atoms with Crippen molar-refractivity contribution in [3.8, 4) is 0 Å². The minimum atomic E-state index is -2.92. The van der Waals surface area contributed by atoms with E-state index in [1.807, 2.05) is 0 Å². The molecule has 3 rings (SSSR count). The third-order valence-corrected chi connectivity index (χ3v) is 5.96. The Morgan fingerprint density at radius 1 is 1.20 bits per heavy atom. The van der Waals surface area contributed by atoms with E-state index in [4.69, 9.17) is 11.6 Å². The van der Waals surface area contributed by atoms with Gasteiger partial charge in [-0.15, -0.1) is 0 Å². The highest BCUT2D eigenvalue weighted by atomic mass is 35.5. The van der Waals surface area contributed by atoms with Gasteiger partial charge in [0.1, 0.15) is 18.4 Å². The topological polar surface area (TPSA) is 87.7 Å². The average molecular weight is 512 g/mol. The fourth-order valence-corrected chi connectivity index (χ4v) is 4.28. The summed E-state index contributed by atoms with van der Waals surface area (Å²) in [4.78, 5) is 39.4. The molecule has 7 nitrogen and oxygen atoms in total. The molecule has 188 valence electrons. The molecule has 11 heteroatoms. The molecule has 1 aliphatic rings. The lowest BCUT2D eigenvalue weighted by Crippen LogP contribution is -2.51. The van der Waals surface area contributed by atoms with Crippen molar-refractivity contribution >= 4 is 35.2 Å². The summed E-state index contributed by atoms with van der Waals surface area (Å²) in [7, 11) is 1.12. The van der Waals surface area contributed by atoms with Crippen LogP contribution >= 0.6 is 11.6 Å². The average Bonchev–Trinajstić information content (AvgIpc) is 2.80. The monoisotopic (exact) mass is 511 g/mol. The smallest absolute Gasteiger partial charge is 0.407 e. The third kappa shape index (κ3) is 6.88. The summed E-state index contributed by atoms with van der Waals surface area (Å²) in [6, 6.07) is 8.93. The van der Waals surface area contributed by atoms with Crippen molar-refractivity contribution in [2.75, 3.05) is 18.6 Å². The number of amides is 3. The van der Waals surface area contributed by atoms with E-state index < -0.39 is 54.7 Å². The molecule has 0 radical (unpaired) electrons. The van der Waals surface area contributed by atoms with Crippen molar-refractivity contribution in [1.82, 2.24) is 10.6 Å². The first-order chi connectivity index (χ1) is 16.6. The number of carbonyl (C=O) groups excluding carboxylic acids is 3. The second-order valence-corrected chi connectivity index (χ2v) is 8.58. The molecule has 0 aliphatic heterocycles. The minimum Gasteiger partial charge on any atom is -0.453 e. The minimum absolute atomic E-state index is 0.00992. The highest BCUT2D eigenvalue weighted by Crippen LogP contribution is 2.35. The second kappa shape index (κ2) is 11.4. The number of nitrogens with one attached hydrogen (secondary N) is 2. The second-order valence-electron chi connectivity index (χ2n) is 8.17. The molecular formula is C24H25ClF3N3O4. The molecule has 0 heterocycles. The van der Waals surface area contributed by atoms with E-state index in [0.29, 0.717) is 6.42 Å². The van der Waals surface area contributed by atoms with Crippen molar-refractivity contribution in [3.05, 3.63) is 64.9 Å². The Balaban J connectivity index is 2.03. The van der Waals surface area contributed by atoms with Gasteiger partial charge in [-0.05, 0) is 37.1 Å². The number of methoxy groups -OCH3 is 1. The summed E-state index contributed by atoms with van der Waals surface area (Å²) < 4.78 is 46.5. The number of anilines is 1. The first-order valence-electron chi connectivity index (χ1n) is 10.9. The maximum Gasteiger partial charge on any atom is 0.407 e. The van der Waals surface area contributed by atoms with Crippen molar-refractivity contribution < 1.29 is 32.3 Å². The van der Waals surface area contributed by atoms with Crippen molar-refractivity contribution in [2.45, 2.75) is 43.7 Å². The van der Waals surface area contributed by atoms with Gasteiger partial charge in [-0.25, -0.2) is 18.0 Å². The van der Waals surface area contributed by atoms with Gasteiger partial charge in [-0.3, -0.25) is 14.5 Å². The van der Waals surface area contributed by atoms with Crippen LogP contribution in [0.4, 0.5) is 23.7 Å². The van der Waals surface area contributed by atoms with E-state index in [2.05, 4.69) is 15.4 Å². The molecule has 0 aromatic heterocycles. The van der Waals surface area contributed by atoms with Gasteiger partial charge in [-0.2, -0.15) is 0 Å². The molecule has 2 atom stereocenters. The Bertz CT molecular complexity index is 1090. The molecule has 0 saturated heterocycles. The Labute approximate surface area is 205 Å². The normalized spacial score (nSPS) is 17.7. The zero-order valence-corrected chi connectivity index (χ0v) is 19.7. The zero-order chi connectivity index (χ0) is 25.6. The molecule has 1 aliphatic carbocycles. The van der Waals surface area contributed by atoms with Crippen LogP contribution < -0.4 is 15.5 Å². The molecular weight excluding hydrogens is 487 g/mol. The summed E-state index contributed by atoms with van der Waals surface area (Å²) in [5, 5.41) is 4.99. The lowest BCUT2D eigenvalue weighted by Gasteiger charge is -2.35. The Morgan fingerprint density at radius 3 is 2.60 bits per heavy atom. The number of nitrogens with zero attached hydrogens (tertiary/aromatic N) is 1. The quantitative estimate of drug-likeness (QED) is 0.568. The molecule has 3 amide bonds. The van der Waals surface area contributed by atoms with E-state index in [-0.39, 0.29) is 29.1 Å². The number of hydrogen-bond acceptors (Lipinski definition) is 4. The SMILES string of the molecule is COC(=O)NCC(=O)N(c1cccc(F)c1)[C@H](C(=O)N[C@H]1CCCC(F)(F)C1)c1ccccc1Cl. The van der Waals surface area contributed by atoms with Gasteiger partial charge in [0, 0.05) is 35.2 Å². The fraction of sp³-hybridized carbons (Fsp3) is 0.375. The summed E-state index contributed by atoms with van der Waals surface area (Å²) in [6.45, 7) is -0.584. The van der Waals surface area contributed by atoms with E-state index in [9.17, 15) is 27.6 Å². The largest absolute Gasteiger partial charge is 0.453 e. The van der Waals surface area contributed by atoms with Crippen LogP contribution in [-0.4, -0.2) is 43.5 Å². The van der Waals surface area contributed by atoms with Crippen LogP contribution in [0.3, 0.4) is 0 Å². The molecule has 0 bridgehead atoms. The summed E-state index contributed by atoms with van der Waals surface area (Å²) in [6.07, 6.45) is -1.12. The van der Waals surface area contributed by atoms with Crippen LogP contribution in [0.25, 0.3) is 0 Å². The first-order valence-corrected chi connectivity index (χ1v) is 11.3. The number of benzene rings is 2. The van der Waals surface area contributed by atoms with E-state index in [1.165, 1.54) is 24.3 Å². The number of ether oxygens (including phenoxy) is 1. The van der Waals surface area contributed by atoms with E-state index >= 15 is 0 Å². The van der Waals surface area contributed by atoms with Crippen LogP contribution in [0.1, 0.15) is 37.3 Å². The molecule has 2 N–H and O–H groups in total. The number of alkyl carbamates (subject to hydrolysis) is 1. The molecule has 0 spiro atoms. The molecule has 1 fully saturated rings. The van der Waals surface area contributed by atoms with Crippen molar-refractivity contribution in [1.29, 1.82) is 0 Å². The van der Waals surface area contributed by atoms with Gasteiger partial charge < -0.3 is 15.4 Å². The predicted molar refractivity (Wildman–Crippen MR) is 124 cm³/mol. The lowest BCUT2D eigenvalue weighted by molar-refractivity contribution is -0.128. The van der Waals surface area contributed by atoms with Gasteiger partial charge in [0.05, 0.1) is 7.11 Å². The number of rotatable bonds is 7. The Hall–Kier alpha value is -3.27. The van der Waals surface area contributed by atoms with Gasteiger partial charge in [-0.1, -0.05) is 35.9 Å². The molecule has 1 saturated carbocycles. The zero-order valence-electron chi connectivity index (χ0n) is 18.9. The standard InChI is InChI=1S/C24H25ClF3N3O4/c1-35-23(34)29-14-20(32)31(17-8-4-6-15(26)12-17)21(18-9-2-3-10-19(18)25)22(33)30-16-7-5-11-24(27,28)13-16/h2-4,6,8-10,12,16,21H,5,7,11,13-14H2,1H3,(H,29,34)(H,30,33)/t16-,21-/m0/s1. The maximum atomic E-state index is 14.1. The Kier molecular flexibility index (Phi) is 8.61. The number of carbonyl (C=O) groups is 3. The molecule has 0 unspecified atom stereocenters. The van der Waals surface area contributed by atoms with Crippen LogP contribution in [0.15, 0.2) is 48.5 Å². The fourth-order valence-electron chi connectivity index (χ4n) is 4.04. The Morgan fingerprint density at radius 2 is 1.94 bits per heavy atom. The number of halogens is 4. The van der Waals surface area contributed by atoms with E-state index in [1.54, 1.807) is 12.1 Å². The van der Waals surface area contributed by atoms with Gasteiger partial charge in [0.2, 0.25) is 17.7 Å². The third-order valence-electron chi connectivity index (χ3n) is 5.62. The van der Waals surface area contributed by atoms with Crippen LogP contribution in [0.5, 0.6) is 0 Å². The van der Waals surface area contributed by atoms with Gasteiger partial charge in [0.15, 0.2) is 0 Å². The summed E-state index contributed by atoms with van der Waals surface area (Å²) in [5.41, 5.74) is 0.209. The van der Waals surface area contributed by atoms with Crippen LogP contribution in [0.2, 0.25) is 5.02 Å². The molecule has 35 heavy (non-hydrogen) atoms. The van der Waals surface area contributed by atoms with Crippen molar-refractivity contribution in [3.63, 3.8) is 0 Å². The number of alkyl halides is 2. The predicted octanol–water partition coefficient (Wildman–Crippen LogP) is 4.60. The summed E-state index contributed by atoms with van der Waals surface area (Å²) in [5.74, 6) is -5.14. The van der Waals surface area contributed by atoms with Gasteiger partial charge in [0.25, 0.3) is 0 Å². The van der Waals surface area contributed by atoms with Crippen LogP contribution in [0, 0.1) is 5.82 Å². The molecule has 2 aromatic rings. The highest BCUT2D eigenvalue weighted by molar-refractivity contribution is 6.31. The lowest BCUT2D eigenvalue weighted by atomic mass is 9.91. The van der Waals surface area contributed by atoms with Crippen LogP contribution in [-0.2, 0) is 14.3 Å². The molecule has 2 aromatic carbocycles. The first kappa shape index (κ1) is 26.3. The van der Waals surface area contributed by atoms with Crippen molar-refractivity contribution in [2.24, 2.45) is 0 Å². The summed E-state index contributed by atoms with van der Waals surface area (Å²) >= 11 is 6.37. The van der Waals surface area contributed by atoms with Gasteiger partial charge >= 0.3 is 6.09 Å².